The molecular weight excluding hydrogens is 515 g/mol. The highest BCUT2D eigenvalue weighted by molar-refractivity contribution is 6.30. The largest absolute Gasteiger partial charge is 0.444 e. The summed E-state index contributed by atoms with van der Waals surface area (Å²) in [6.45, 7) is 9.56. The average molecular weight is 549 g/mol. The van der Waals surface area contributed by atoms with E-state index in [4.69, 9.17) is 16.3 Å². The van der Waals surface area contributed by atoms with Gasteiger partial charge in [-0.15, -0.1) is 0 Å². The monoisotopic (exact) mass is 548 g/mol. The number of hydrogen-bond acceptors (Lipinski definition) is 7. The Bertz CT molecular complexity index is 1200. The van der Waals surface area contributed by atoms with E-state index in [0.717, 1.165) is 5.56 Å². The van der Waals surface area contributed by atoms with E-state index in [1.54, 1.807) is 48.6 Å². The lowest BCUT2D eigenvalue weighted by Gasteiger charge is -2.33. The third-order valence-corrected chi connectivity index (χ3v) is 7.14. The van der Waals surface area contributed by atoms with Crippen LogP contribution in [0.15, 0.2) is 30.9 Å². The van der Waals surface area contributed by atoms with E-state index in [9.17, 15) is 18.8 Å². The number of carbonyl (C=O) groups is 3. The molecule has 1 N–H and O–H groups in total. The van der Waals surface area contributed by atoms with Crippen molar-refractivity contribution < 1.29 is 23.5 Å². The zero-order valence-corrected chi connectivity index (χ0v) is 23.0. The van der Waals surface area contributed by atoms with E-state index in [2.05, 4.69) is 15.4 Å². The van der Waals surface area contributed by atoms with Crippen LogP contribution < -0.4 is 5.32 Å². The Morgan fingerprint density at radius 3 is 2.63 bits per heavy atom. The standard InChI is InChI=1S/C26H34ClFN6O4/c1-25(2,3)38-24(37)33-9-8-26(4,5)21(33)23(36)31-22(35)20-11-18(28)13-32(20)12-16-10-17(27)6-7-19(16)34-15-29-14-30-34/h6-7,10,14-15,18,20-21H,8-9,11-13H2,1-5H3,(H,31,35,36)/t18-,20+,21-/m1/s1. The second-order valence-electron chi connectivity index (χ2n) is 11.6. The summed E-state index contributed by atoms with van der Waals surface area (Å²) in [7, 11) is 0. The molecule has 0 spiro atoms. The summed E-state index contributed by atoms with van der Waals surface area (Å²) in [5.41, 5.74) is 0.124. The fraction of sp³-hybridized carbons (Fsp3) is 0.577. The summed E-state index contributed by atoms with van der Waals surface area (Å²) in [5.74, 6) is -1.21. The number of benzene rings is 1. The van der Waals surface area contributed by atoms with Crippen molar-refractivity contribution in [1.82, 2.24) is 29.9 Å². The number of amides is 3. The molecule has 2 aliphatic heterocycles. The zero-order chi connectivity index (χ0) is 27.8. The SMILES string of the molecule is CC(C)(C)OC(=O)N1CCC(C)(C)[C@H]1C(=O)NC(=O)[C@@H]1C[C@@H](F)CN1Cc1cc(Cl)ccc1-n1cncn1. The van der Waals surface area contributed by atoms with Gasteiger partial charge in [-0.25, -0.2) is 18.9 Å². The number of halogens is 2. The lowest BCUT2D eigenvalue weighted by atomic mass is 9.84. The first kappa shape index (κ1) is 28.0. The predicted molar refractivity (Wildman–Crippen MR) is 138 cm³/mol. The number of rotatable bonds is 5. The van der Waals surface area contributed by atoms with Gasteiger partial charge in [-0.2, -0.15) is 5.10 Å². The highest BCUT2D eigenvalue weighted by atomic mass is 35.5. The summed E-state index contributed by atoms with van der Waals surface area (Å²) in [6, 6.07) is 3.46. The lowest BCUT2D eigenvalue weighted by molar-refractivity contribution is -0.137. The molecule has 0 bridgehead atoms. The van der Waals surface area contributed by atoms with Gasteiger partial charge in [0.2, 0.25) is 11.8 Å². The van der Waals surface area contributed by atoms with E-state index in [0.29, 0.717) is 23.7 Å². The number of aromatic nitrogens is 3. The Labute approximate surface area is 226 Å². The van der Waals surface area contributed by atoms with Crippen LogP contribution in [0.2, 0.25) is 5.02 Å². The maximum atomic E-state index is 14.6. The molecule has 0 saturated carbocycles. The predicted octanol–water partition coefficient (Wildman–Crippen LogP) is 3.51. The van der Waals surface area contributed by atoms with Gasteiger partial charge in [-0.3, -0.25) is 24.7 Å². The number of imide groups is 1. The molecule has 3 heterocycles. The summed E-state index contributed by atoms with van der Waals surface area (Å²) in [5, 5.41) is 7.12. The minimum atomic E-state index is -1.24. The first-order valence-corrected chi connectivity index (χ1v) is 13.0. The van der Waals surface area contributed by atoms with E-state index in [1.807, 2.05) is 13.8 Å². The summed E-state index contributed by atoms with van der Waals surface area (Å²) < 4.78 is 21.7. The molecule has 2 fully saturated rings. The minimum Gasteiger partial charge on any atom is -0.444 e. The molecule has 1 aromatic heterocycles. The van der Waals surface area contributed by atoms with Crippen LogP contribution in [0.4, 0.5) is 9.18 Å². The van der Waals surface area contributed by atoms with Crippen LogP contribution >= 0.6 is 11.6 Å². The van der Waals surface area contributed by atoms with E-state index >= 15 is 0 Å². The van der Waals surface area contributed by atoms with Crippen LogP contribution in [0, 0.1) is 5.41 Å². The normalized spacial score (nSPS) is 23.4. The van der Waals surface area contributed by atoms with E-state index in [-0.39, 0.29) is 19.5 Å². The highest BCUT2D eigenvalue weighted by Gasteiger charge is 2.49. The molecule has 2 aromatic rings. The number of hydrogen-bond donors (Lipinski definition) is 1. The summed E-state index contributed by atoms with van der Waals surface area (Å²) in [6.07, 6.45) is 1.61. The van der Waals surface area contributed by atoms with Crippen molar-refractivity contribution >= 4 is 29.5 Å². The molecule has 10 nitrogen and oxygen atoms in total. The number of carbonyl (C=O) groups excluding carboxylic acids is 3. The Kier molecular flexibility index (Phi) is 7.81. The van der Waals surface area contributed by atoms with Gasteiger partial charge in [0, 0.05) is 31.1 Å². The molecule has 12 heteroatoms. The number of nitrogens with zero attached hydrogens (tertiary/aromatic N) is 5. The molecule has 3 amide bonds. The number of alkyl halides is 1. The van der Waals surface area contributed by atoms with Crippen LogP contribution in [0.3, 0.4) is 0 Å². The summed E-state index contributed by atoms with van der Waals surface area (Å²) >= 11 is 6.23. The third-order valence-electron chi connectivity index (χ3n) is 6.91. The number of ether oxygens (including phenoxy) is 1. The molecule has 2 aliphatic rings. The van der Waals surface area contributed by atoms with Crippen LogP contribution in [0.1, 0.15) is 53.0 Å². The topological polar surface area (TPSA) is 110 Å². The molecule has 206 valence electrons. The summed E-state index contributed by atoms with van der Waals surface area (Å²) in [4.78, 5) is 46.6. The van der Waals surface area contributed by atoms with Crippen molar-refractivity contribution in [2.45, 2.75) is 77.9 Å². The second kappa shape index (κ2) is 10.6. The van der Waals surface area contributed by atoms with Gasteiger partial charge >= 0.3 is 6.09 Å². The fourth-order valence-corrected chi connectivity index (χ4v) is 5.33. The Morgan fingerprint density at radius 2 is 1.97 bits per heavy atom. The van der Waals surface area contributed by atoms with Gasteiger partial charge in [-0.05, 0) is 56.4 Å². The molecule has 38 heavy (non-hydrogen) atoms. The molecule has 0 radical (unpaired) electrons. The van der Waals surface area contributed by atoms with Crippen LogP contribution in [-0.4, -0.2) is 79.4 Å². The van der Waals surface area contributed by atoms with Crippen LogP contribution in [0.25, 0.3) is 5.69 Å². The molecule has 0 aliphatic carbocycles. The molecular formula is C26H34ClFN6O4. The van der Waals surface area contributed by atoms with Crippen LogP contribution in [0.5, 0.6) is 0 Å². The lowest BCUT2D eigenvalue weighted by Crippen LogP contribution is -2.55. The smallest absolute Gasteiger partial charge is 0.410 e. The molecule has 4 rings (SSSR count). The van der Waals surface area contributed by atoms with E-state index in [1.165, 1.54) is 17.6 Å². The fourth-order valence-electron chi connectivity index (χ4n) is 5.13. The van der Waals surface area contributed by atoms with Gasteiger partial charge in [0.25, 0.3) is 0 Å². The van der Waals surface area contributed by atoms with Gasteiger partial charge in [0.1, 0.15) is 30.5 Å². The Balaban J connectivity index is 1.51. The van der Waals surface area contributed by atoms with Gasteiger partial charge < -0.3 is 4.74 Å². The number of nitrogens with one attached hydrogen (secondary N) is 1. The van der Waals surface area contributed by atoms with Crippen molar-refractivity contribution in [2.75, 3.05) is 13.1 Å². The Morgan fingerprint density at radius 1 is 1.24 bits per heavy atom. The molecule has 0 unspecified atom stereocenters. The average Bonchev–Trinajstić information content (AvgIpc) is 3.51. The van der Waals surface area contributed by atoms with Crippen LogP contribution in [-0.2, 0) is 20.9 Å². The maximum Gasteiger partial charge on any atom is 0.410 e. The zero-order valence-electron chi connectivity index (χ0n) is 22.3. The van der Waals surface area contributed by atoms with Crippen molar-refractivity contribution in [3.05, 3.63) is 41.4 Å². The molecule has 1 aromatic carbocycles. The first-order valence-electron chi connectivity index (χ1n) is 12.6. The van der Waals surface area contributed by atoms with E-state index < -0.39 is 47.2 Å². The van der Waals surface area contributed by atoms with Gasteiger partial charge in [0.15, 0.2) is 0 Å². The number of likely N-dealkylation sites (tertiary alicyclic amines) is 2. The first-order chi connectivity index (χ1) is 17.7. The van der Waals surface area contributed by atoms with Crippen molar-refractivity contribution in [1.29, 1.82) is 0 Å². The van der Waals surface area contributed by atoms with Gasteiger partial charge in [0.05, 0.1) is 11.7 Å². The van der Waals surface area contributed by atoms with Gasteiger partial charge in [-0.1, -0.05) is 25.4 Å². The minimum absolute atomic E-state index is 0.0224. The molecule has 3 atom stereocenters. The van der Waals surface area contributed by atoms with Crippen molar-refractivity contribution in [2.24, 2.45) is 5.41 Å². The third kappa shape index (κ3) is 6.15. The van der Waals surface area contributed by atoms with Crippen molar-refractivity contribution in [3.63, 3.8) is 0 Å². The quantitative estimate of drug-likeness (QED) is 0.569. The highest BCUT2D eigenvalue weighted by Crippen LogP contribution is 2.37. The Hall–Kier alpha value is -3.05. The van der Waals surface area contributed by atoms with Crippen molar-refractivity contribution in [3.8, 4) is 5.69 Å². The second-order valence-corrected chi connectivity index (χ2v) is 12.0. The molecule has 2 saturated heterocycles. The maximum absolute atomic E-state index is 14.6.